The standard InChI is InChI=1S/C29H32FN3O6S/c1-21-29(16-19-40(36,37)26-6-3-2-4-7-26,28(35)33-31-20-22-8-12-24(30)13-9-22)32-27(39-21)23-10-14-25(15-11-23)38-18-5-17-34/h2-4,6-15,21,31,34H,5,16-20H2,1H3,(H,33,35)/t21-,29-/m0/s1. The SMILES string of the molecule is C[C@@H]1OC(c2ccc(OCCCO)cc2)=N[C@]1(CCS(=O)(=O)c1ccccc1)C(=O)NNCc1ccc(F)cc1. The molecule has 1 amide bonds. The minimum absolute atomic E-state index is 0.0313. The number of aliphatic imine (C=N–C) groups is 1. The zero-order chi connectivity index (χ0) is 28.6. The van der Waals surface area contributed by atoms with E-state index in [-0.39, 0.29) is 41.9 Å². The van der Waals surface area contributed by atoms with E-state index in [0.29, 0.717) is 24.3 Å². The quantitative estimate of drug-likeness (QED) is 0.213. The molecule has 3 N–H and O–H groups in total. The number of hydrogen-bond donors (Lipinski definition) is 3. The van der Waals surface area contributed by atoms with Crippen molar-refractivity contribution >= 4 is 21.6 Å². The lowest BCUT2D eigenvalue weighted by Crippen LogP contribution is -2.55. The molecule has 0 spiro atoms. The second kappa shape index (κ2) is 13.0. The zero-order valence-electron chi connectivity index (χ0n) is 22.0. The molecular weight excluding hydrogens is 537 g/mol. The van der Waals surface area contributed by atoms with Gasteiger partial charge in [-0.15, -0.1) is 0 Å². The third kappa shape index (κ3) is 7.04. The maximum atomic E-state index is 13.6. The van der Waals surface area contributed by atoms with Crippen LogP contribution in [0, 0.1) is 5.82 Å². The molecule has 0 saturated heterocycles. The molecule has 0 unspecified atom stereocenters. The Hall–Kier alpha value is -3.80. The van der Waals surface area contributed by atoms with Gasteiger partial charge in [-0.05, 0) is 67.4 Å². The van der Waals surface area contributed by atoms with Gasteiger partial charge in [0.2, 0.25) is 5.90 Å². The maximum absolute atomic E-state index is 13.6. The molecule has 3 aromatic carbocycles. The van der Waals surface area contributed by atoms with Crippen LogP contribution in [0.25, 0.3) is 0 Å². The Kier molecular flexibility index (Phi) is 9.51. The van der Waals surface area contributed by atoms with E-state index in [0.717, 1.165) is 5.56 Å². The van der Waals surface area contributed by atoms with E-state index in [1.807, 2.05) is 0 Å². The van der Waals surface area contributed by atoms with Crippen molar-refractivity contribution in [1.82, 2.24) is 10.9 Å². The molecule has 0 aliphatic carbocycles. The molecule has 0 fully saturated rings. The summed E-state index contributed by atoms with van der Waals surface area (Å²) in [6, 6.07) is 20.8. The molecule has 2 atom stereocenters. The van der Waals surface area contributed by atoms with Crippen molar-refractivity contribution in [2.75, 3.05) is 19.0 Å². The fourth-order valence-electron chi connectivity index (χ4n) is 4.23. The van der Waals surface area contributed by atoms with E-state index >= 15 is 0 Å². The first-order valence-corrected chi connectivity index (χ1v) is 14.5. The number of carbonyl (C=O) groups is 1. The summed E-state index contributed by atoms with van der Waals surface area (Å²) in [5.74, 6) is -0.434. The topological polar surface area (TPSA) is 126 Å². The number of ether oxygens (including phenoxy) is 2. The van der Waals surface area contributed by atoms with Crippen molar-refractivity contribution in [1.29, 1.82) is 0 Å². The summed E-state index contributed by atoms with van der Waals surface area (Å²) >= 11 is 0. The molecule has 40 heavy (non-hydrogen) atoms. The van der Waals surface area contributed by atoms with Crippen LogP contribution in [0.2, 0.25) is 0 Å². The predicted octanol–water partition coefficient (Wildman–Crippen LogP) is 3.18. The van der Waals surface area contributed by atoms with E-state index in [9.17, 15) is 17.6 Å². The van der Waals surface area contributed by atoms with Gasteiger partial charge in [-0.1, -0.05) is 30.3 Å². The summed E-state index contributed by atoms with van der Waals surface area (Å²) in [5.41, 5.74) is 5.27. The van der Waals surface area contributed by atoms with Gasteiger partial charge in [0.15, 0.2) is 15.4 Å². The smallest absolute Gasteiger partial charge is 0.266 e. The van der Waals surface area contributed by atoms with Crippen molar-refractivity contribution in [3.8, 4) is 5.75 Å². The van der Waals surface area contributed by atoms with Crippen LogP contribution in [0.1, 0.15) is 30.9 Å². The first kappa shape index (κ1) is 29.2. The lowest BCUT2D eigenvalue weighted by Gasteiger charge is -2.28. The number of nitrogens with zero attached hydrogens (tertiary/aromatic N) is 1. The molecule has 0 bridgehead atoms. The average Bonchev–Trinajstić information content (AvgIpc) is 3.31. The monoisotopic (exact) mass is 569 g/mol. The highest BCUT2D eigenvalue weighted by Gasteiger charge is 2.50. The summed E-state index contributed by atoms with van der Waals surface area (Å²) in [6.45, 7) is 2.30. The van der Waals surface area contributed by atoms with Crippen molar-refractivity contribution in [3.63, 3.8) is 0 Å². The average molecular weight is 570 g/mol. The van der Waals surface area contributed by atoms with Gasteiger partial charge in [-0.25, -0.2) is 23.2 Å². The Balaban J connectivity index is 1.55. The molecule has 1 aliphatic rings. The van der Waals surface area contributed by atoms with Gasteiger partial charge >= 0.3 is 0 Å². The molecule has 11 heteroatoms. The highest BCUT2D eigenvalue weighted by Crippen LogP contribution is 2.33. The summed E-state index contributed by atoms with van der Waals surface area (Å²) in [4.78, 5) is 18.4. The van der Waals surface area contributed by atoms with Crippen molar-refractivity contribution in [3.05, 3.63) is 95.8 Å². The van der Waals surface area contributed by atoms with Crippen LogP contribution in [0.15, 0.2) is 88.8 Å². The van der Waals surface area contributed by atoms with E-state index in [1.54, 1.807) is 61.5 Å². The van der Waals surface area contributed by atoms with E-state index in [4.69, 9.17) is 14.6 Å². The van der Waals surface area contributed by atoms with Gasteiger partial charge in [0.1, 0.15) is 17.7 Å². The molecule has 0 saturated carbocycles. The van der Waals surface area contributed by atoms with Gasteiger partial charge < -0.3 is 14.6 Å². The number of sulfone groups is 1. The maximum Gasteiger partial charge on any atom is 0.266 e. The fraction of sp³-hybridized carbons (Fsp3) is 0.310. The summed E-state index contributed by atoms with van der Waals surface area (Å²) in [7, 11) is -3.70. The number of carbonyl (C=O) groups excluding carboxylic acids is 1. The number of halogens is 1. The lowest BCUT2D eigenvalue weighted by atomic mass is 9.90. The molecular formula is C29H32FN3O6S. The molecule has 4 rings (SSSR count). The van der Waals surface area contributed by atoms with Crippen molar-refractivity contribution in [2.45, 2.75) is 42.8 Å². The molecule has 212 valence electrons. The molecule has 3 aromatic rings. The third-order valence-corrected chi connectivity index (χ3v) is 8.32. The van der Waals surface area contributed by atoms with E-state index in [2.05, 4.69) is 15.8 Å². The Morgan fingerprint density at radius 3 is 2.45 bits per heavy atom. The minimum Gasteiger partial charge on any atom is -0.494 e. The van der Waals surface area contributed by atoms with Gasteiger partial charge in [-0.2, -0.15) is 0 Å². The number of amides is 1. The Morgan fingerprint density at radius 1 is 1.07 bits per heavy atom. The largest absolute Gasteiger partial charge is 0.494 e. The second-order valence-electron chi connectivity index (χ2n) is 9.37. The molecule has 9 nitrogen and oxygen atoms in total. The minimum atomic E-state index is -3.70. The predicted molar refractivity (Wildman–Crippen MR) is 148 cm³/mol. The molecule has 1 aliphatic heterocycles. The van der Waals surface area contributed by atoms with Crippen LogP contribution in [0.5, 0.6) is 5.75 Å². The molecule has 1 heterocycles. The Labute approximate surface area is 232 Å². The fourth-order valence-corrected chi connectivity index (χ4v) is 5.61. The summed E-state index contributed by atoms with van der Waals surface area (Å²) in [6.07, 6.45) is -0.392. The van der Waals surface area contributed by atoms with Crippen LogP contribution in [-0.4, -0.2) is 55.9 Å². The highest BCUT2D eigenvalue weighted by atomic mass is 32.2. The lowest BCUT2D eigenvalue weighted by molar-refractivity contribution is -0.129. The van der Waals surface area contributed by atoms with E-state index < -0.39 is 27.4 Å². The Morgan fingerprint density at radius 2 is 1.77 bits per heavy atom. The number of nitrogens with one attached hydrogen (secondary N) is 2. The Bertz CT molecular complexity index is 1420. The first-order valence-electron chi connectivity index (χ1n) is 12.9. The molecule has 0 radical (unpaired) electrons. The van der Waals surface area contributed by atoms with Gasteiger partial charge in [-0.3, -0.25) is 10.2 Å². The third-order valence-electron chi connectivity index (χ3n) is 6.59. The van der Waals surface area contributed by atoms with Gasteiger partial charge in [0.05, 0.1) is 17.3 Å². The highest BCUT2D eigenvalue weighted by molar-refractivity contribution is 7.91. The van der Waals surface area contributed by atoms with Crippen LogP contribution in [-0.2, 0) is 25.9 Å². The van der Waals surface area contributed by atoms with Gasteiger partial charge in [0, 0.05) is 25.1 Å². The van der Waals surface area contributed by atoms with E-state index in [1.165, 1.54) is 24.3 Å². The summed E-state index contributed by atoms with van der Waals surface area (Å²) < 4.78 is 51.0. The first-order chi connectivity index (χ1) is 19.2. The number of rotatable bonds is 13. The summed E-state index contributed by atoms with van der Waals surface area (Å²) in [5, 5.41) is 8.93. The number of aliphatic hydroxyl groups excluding tert-OH is 1. The second-order valence-corrected chi connectivity index (χ2v) is 11.5. The van der Waals surface area contributed by atoms with Crippen LogP contribution < -0.4 is 15.6 Å². The van der Waals surface area contributed by atoms with Crippen molar-refractivity contribution in [2.24, 2.45) is 4.99 Å². The number of benzene rings is 3. The van der Waals surface area contributed by atoms with Crippen molar-refractivity contribution < 1.29 is 32.2 Å². The van der Waals surface area contributed by atoms with Gasteiger partial charge in [0.25, 0.3) is 5.91 Å². The normalized spacial score (nSPS) is 18.6. The number of hydrogen-bond acceptors (Lipinski definition) is 8. The molecule has 0 aromatic heterocycles. The number of aliphatic hydroxyl groups is 1. The van der Waals surface area contributed by atoms with Crippen LogP contribution >= 0.6 is 0 Å². The van der Waals surface area contributed by atoms with Crippen LogP contribution in [0.3, 0.4) is 0 Å². The zero-order valence-corrected chi connectivity index (χ0v) is 22.9. The number of hydrazine groups is 1. The van der Waals surface area contributed by atoms with Crippen LogP contribution in [0.4, 0.5) is 4.39 Å².